The number of imide groups is 1. The van der Waals surface area contributed by atoms with E-state index in [1.807, 2.05) is 0 Å². The van der Waals surface area contributed by atoms with Gasteiger partial charge in [0, 0.05) is 12.8 Å². The van der Waals surface area contributed by atoms with E-state index in [0.29, 0.717) is 12.8 Å². The predicted octanol–water partition coefficient (Wildman–Crippen LogP) is 1.03. The number of carbonyl (C=O) groups is 2. The van der Waals surface area contributed by atoms with Gasteiger partial charge in [0.2, 0.25) is 11.8 Å². The molecule has 0 saturated carbocycles. The van der Waals surface area contributed by atoms with E-state index in [0.717, 1.165) is 3.93 Å². The van der Waals surface area contributed by atoms with Gasteiger partial charge in [-0.2, -0.15) is 0 Å². The second-order valence-electron chi connectivity index (χ2n) is 1.57. The van der Waals surface area contributed by atoms with Gasteiger partial charge in [-0.3, -0.25) is 9.59 Å². The Morgan fingerprint density at radius 3 is 1.60 bits per heavy atom. The minimum atomic E-state index is -0.144. The summed E-state index contributed by atoms with van der Waals surface area (Å²) < 4.78 is 0.979. The number of amides is 2. The van der Waals surface area contributed by atoms with Crippen molar-refractivity contribution >= 4 is 40.4 Å². The SMILES string of the molecule is Cl.N.O=C1CCC(=O)N1Br. The van der Waals surface area contributed by atoms with Crippen LogP contribution in [0.4, 0.5) is 0 Å². The summed E-state index contributed by atoms with van der Waals surface area (Å²) in [6.07, 6.45) is 0.703. The summed E-state index contributed by atoms with van der Waals surface area (Å²) in [6.45, 7) is 0. The minimum absolute atomic E-state index is 0. The van der Waals surface area contributed by atoms with Gasteiger partial charge in [-0.15, -0.1) is 12.4 Å². The highest BCUT2D eigenvalue weighted by Crippen LogP contribution is 2.14. The Morgan fingerprint density at radius 2 is 1.50 bits per heavy atom. The molecule has 0 atom stereocenters. The van der Waals surface area contributed by atoms with E-state index in [1.165, 1.54) is 0 Å². The number of hydrogen-bond acceptors (Lipinski definition) is 3. The maximum atomic E-state index is 10.4. The molecule has 1 aliphatic heterocycles. The van der Waals surface area contributed by atoms with Crippen molar-refractivity contribution in [2.45, 2.75) is 12.8 Å². The number of rotatable bonds is 0. The normalized spacial score (nSPS) is 16.3. The van der Waals surface area contributed by atoms with Crippen LogP contribution in [0.1, 0.15) is 12.8 Å². The van der Waals surface area contributed by atoms with E-state index < -0.39 is 0 Å². The largest absolute Gasteiger partial charge is 0.344 e. The van der Waals surface area contributed by atoms with Gasteiger partial charge in [-0.1, -0.05) is 0 Å². The van der Waals surface area contributed by atoms with Crippen LogP contribution in [0, 0.1) is 0 Å². The fourth-order valence-electron chi connectivity index (χ4n) is 0.549. The molecule has 0 unspecified atom stereocenters. The summed E-state index contributed by atoms with van der Waals surface area (Å²) in [5.41, 5.74) is 0. The van der Waals surface area contributed by atoms with Crippen LogP contribution in [0.25, 0.3) is 0 Å². The molecule has 1 aliphatic rings. The summed E-state index contributed by atoms with van der Waals surface area (Å²) in [6, 6.07) is 0. The number of nitrogens with zero attached hydrogens (tertiary/aromatic N) is 1. The first kappa shape index (κ1) is 12.5. The van der Waals surface area contributed by atoms with Gasteiger partial charge in [0.05, 0.1) is 16.1 Å². The van der Waals surface area contributed by atoms with Crippen LogP contribution in [-0.4, -0.2) is 15.7 Å². The average molecular weight is 231 g/mol. The molecule has 6 heteroatoms. The Hall–Kier alpha value is -0.130. The molecular formula is C4H8BrClN2O2. The van der Waals surface area contributed by atoms with Gasteiger partial charge in [0.15, 0.2) is 0 Å². The molecule has 2 amide bonds. The molecule has 4 nitrogen and oxygen atoms in total. The Balaban J connectivity index is 0. The number of halogens is 2. The lowest BCUT2D eigenvalue weighted by Gasteiger charge is -1.97. The van der Waals surface area contributed by atoms with Gasteiger partial charge in [0.1, 0.15) is 0 Å². The minimum Gasteiger partial charge on any atom is -0.344 e. The fourth-order valence-corrected chi connectivity index (χ4v) is 0.904. The van der Waals surface area contributed by atoms with Crippen molar-refractivity contribution in [2.24, 2.45) is 0 Å². The molecule has 1 fully saturated rings. The topological polar surface area (TPSA) is 72.4 Å². The van der Waals surface area contributed by atoms with Crippen LogP contribution < -0.4 is 6.15 Å². The van der Waals surface area contributed by atoms with Crippen molar-refractivity contribution in [3.05, 3.63) is 0 Å². The van der Waals surface area contributed by atoms with E-state index in [1.54, 1.807) is 0 Å². The van der Waals surface area contributed by atoms with Crippen molar-refractivity contribution in [1.82, 2.24) is 10.1 Å². The maximum absolute atomic E-state index is 10.4. The van der Waals surface area contributed by atoms with Crippen LogP contribution >= 0.6 is 28.6 Å². The van der Waals surface area contributed by atoms with Crippen LogP contribution in [0.2, 0.25) is 0 Å². The van der Waals surface area contributed by atoms with Gasteiger partial charge < -0.3 is 6.15 Å². The molecule has 0 spiro atoms. The molecule has 0 aromatic heterocycles. The molecule has 0 aliphatic carbocycles. The lowest BCUT2D eigenvalue weighted by Crippen LogP contribution is -2.16. The first-order chi connectivity index (χ1) is 3.72. The molecule has 0 radical (unpaired) electrons. The van der Waals surface area contributed by atoms with Gasteiger partial charge in [-0.05, 0) is 0 Å². The highest BCUT2D eigenvalue weighted by Gasteiger charge is 2.26. The third kappa shape index (κ3) is 2.24. The van der Waals surface area contributed by atoms with E-state index in [9.17, 15) is 9.59 Å². The summed E-state index contributed by atoms with van der Waals surface area (Å²) in [4.78, 5) is 20.9. The van der Waals surface area contributed by atoms with Crippen molar-refractivity contribution in [2.75, 3.05) is 0 Å². The smallest absolute Gasteiger partial charge is 0.239 e. The molecule has 0 aromatic rings. The zero-order valence-corrected chi connectivity index (χ0v) is 7.57. The van der Waals surface area contributed by atoms with Crippen molar-refractivity contribution < 1.29 is 9.59 Å². The van der Waals surface area contributed by atoms with Crippen molar-refractivity contribution in [3.63, 3.8) is 0 Å². The van der Waals surface area contributed by atoms with E-state index >= 15 is 0 Å². The summed E-state index contributed by atoms with van der Waals surface area (Å²) >= 11 is 2.80. The third-order valence-electron chi connectivity index (χ3n) is 0.991. The molecule has 0 aromatic carbocycles. The third-order valence-corrected chi connectivity index (χ3v) is 1.78. The van der Waals surface area contributed by atoms with Gasteiger partial charge in [0.25, 0.3) is 0 Å². The average Bonchev–Trinajstić information content (AvgIpc) is 1.98. The molecule has 3 N–H and O–H groups in total. The van der Waals surface area contributed by atoms with E-state index in [2.05, 4.69) is 16.1 Å². The molecular weight excluding hydrogens is 223 g/mol. The van der Waals surface area contributed by atoms with E-state index in [-0.39, 0.29) is 30.4 Å². The fraction of sp³-hybridized carbons (Fsp3) is 0.500. The summed E-state index contributed by atoms with van der Waals surface area (Å²) in [7, 11) is 0. The highest BCUT2D eigenvalue weighted by molar-refractivity contribution is 9.08. The number of hydrogen-bond donors (Lipinski definition) is 1. The molecule has 1 heterocycles. The Bertz CT molecular complexity index is 136. The monoisotopic (exact) mass is 230 g/mol. The lowest BCUT2D eigenvalue weighted by molar-refractivity contribution is -0.131. The standard InChI is InChI=1S/C4H4BrNO2.ClH.H3N/c5-6-3(7)1-2-4(6)8;;/h1-2H2;1H;1H3. The molecule has 10 heavy (non-hydrogen) atoms. The van der Waals surface area contributed by atoms with Crippen LogP contribution in [0.15, 0.2) is 0 Å². The van der Waals surface area contributed by atoms with Crippen LogP contribution in [0.3, 0.4) is 0 Å². The first-order valence-corrected chi connectivity index (χ1v) is 2.94. The van der Waals surface area contributed by atoms with Crippen molar-refractivity contribution in [3.8, 4) is 0 Å². The lowest BCUT2D eigenvalue weighted by atomic mass is 10.4. The van der Waals surface area contributed by atoms with Crippen LogP contribution in [0.5, 0.6) is 0 Å². The molecule has 60 valence electrons. The van der Waals surface area contributed by atoms with Gasteiger partial charge >= 0.3 is 0 Å². The Morgan fingerprint density at radius 1 is 1.20 bits per heavy atom. The molecule has 0 bridgehead atoms. The zero-order valence-electron chi connectivity index (χ0n) is 5.17. The first-order valence-electron chi connectivity index (χ1n) is 2.23. The number of carbonyl (C=O) groups excluding carboxylic acids is 2. The van der Waals surface area contributed by atoms with Gasteiger partial charge in [-0.25, -0.2) is 3.93 Å². The van der Waals surface area contributed by atoms with Crippen LogP contribution in [-0.2, 0) is 9.59 Å². The second-order valence-corrected chi connectivity index (χ2v) is 2.28. The highest BCUT2D eigenvalue weighted by atomic mass is 79.9. The quantitative estimate of drug-likeness (QED) is 0.500. The zero-order chi connectivity index (χ0) is 6.15. The predicted molar refractivity (Wildman–Crippen MR) is 42.3 cm³/mol. The summed E-state index contributed by atoms with van der Waals surface area (Å²) in [5.74, 6) is -0.287. The summed E-state index contributed by atoms with van der Waals surface area (Å²) in [5, 5.41) is 0. The Kier molecular flexibility index (Phi) is 5.83. The Labute approximate surface area is 73.3 Å². The van der Waals surface area contributed by atoms with E-state index in [4.69, 9.17) is 0 Å². The van der Waals surface area contributed by atoms with Crippen molar-refractivity contribution in [1.29, 1.82) is 0 Å². The second kappa shape index (κ2) is 4.65. The maximum Gasteiger partial charge on any atom is 0.239 e. The molecule has 1 saturated heterocycles. The molecule has 1 rings (SSSR count).